The number of methoxy groups -OCH3 is 1. The van der Waals surface area contributed by atoms with Crippen molar-refractivity contribution in [2.75, 3.05) is 30.9 Å². The van der Waals surface area contributed by atoms with E-state index in [0.29, 0.717) is 11.3 Å². The number of nitrogens with one attached hydrogen (secondary N) is 1. The Morgan fingerprint density at radius 1 is 1.23 bits per heavy atom. The van der Waals surface area contributed by atoms with E-state index in [1.165, 1.54) is 36.5 Å². The van der Waals surface area contributed by atoms with Gasteiger partial charge in [0, 0.05) is 42.2 Å². The van der Waals surface area contributed by atoms with Gasteiger partial charge in [0.25, 0.3) is 5.69 Å². The van der Waals surface area contributed by atoms with E-state index < -0.39 is 4.92 Å². The van der Waals surface area contributed by atoms with E-state index in [1.807, 2.05) is 24.3 Å². The Morgan fingerprint density at radius 3 is 2.65 bits per heavy atom. The molecule has 164 valence electrons. The van der Waals surface area contributed by atoms with E-state index in [4.69, 9.17) is 4.74 Å². The fraction of sp³-hybridized carbons (Fsp3) is 0.364. The maximum Gasteiger partial charge on any atom is 0.270 e. The third-order valence-electron chi connectivity index (χ3n) is 4.97. The van der Waals surface area contributed by atoms with Crippen LogP contribution in [-0.2, 0) is 10.5 Å². The quantitative estimate of drug-likeness (QED) is 0.358. The van der Waals surface area contributed by atoms with Crippen LogP contribution in [0.25, 0.3) is 0 Å². The maximum absolute atomic E-state index is 12.1. The monoisotopic (exact) mass is 442 g/mol. The highest BCUT2D eigenvalue weighted by atomic mass is 32.2. The molecule has 1 aliphatic rings. The Labute approximate surface area is 185 Å². The zero-order valence-corrected chi connectivity index (χ0v) is 18.3. The van der Waals surface area contributed by atoms with Crippen LogP contribution < -0.4 is 15.1 Å². The van der Waals surface area contributed by atoms with E-state index >= 15 is 0 Å². The second kappa shape index (κ2) is 11.4. The molecule has 1 amide bonds. The second-order valence-electron chi connectivity index (χ2n) is 7.18. The van der Waals surface area contributed by atoms with Gasteiger partial charge in [-0.05, 0) is 43.0 Å². The zero-order valence-electron chi connectivity index (χ0n) is 17.5. The number of benzene rings is 2. The van der Waals surface area contributed by atoms with Gasteiger partial charge < -0.3 is 9.64 Å². The minimum atomic E-state index is -0.425. The first kappa shape index (κ1) is 22.6. The van der Waals surface area contributed by atoms with Gasteiger partial charge in [-0.3, -0.25) is 14.9 Å². The van der Waals surface area contributed by atoms with Crippen molar-refractivity contribution in [2.45, 2.75) is 25.0 Å². The summed E-state index contributed by atoms with van der Waals surface area (Å²) >= 11 is 1.48. The lowest BCUT2D eigenvalue weighted by molar-refractivity contribution is -0.384. The van der Waals surface area contributed by atoms with Gasteiger partial charge in [-0.2, -0.15) is 5.10 Å². The summed E-state index contributed by atoms with van der Waals surface area (Å²) in [6, 6.07) is 12.5. The van der Waals surface area contributed by atoms with Gasteiger partial charge in [-0.1, -0.05) is 12.1 Å². The normalized spacial score (nSPS) is 13.9. The molecule has 0 saturated carbocycles. The van der Waals surface area contributed by atoms with Crippen LogP contribution in [0.3, 0.4) is 0 Å². The fourth-order valence-corrected chi connectivity index (χ4v) is 4.15. The Morgan fingerprint density at radius 2 is 1.97 bits per heavy atom. The number of piperidine rings is 1. The fourth-order valence-electron chi connectivity index (χ4n) is 3.37. The van der Waals surface area contributed by atoms with Gasteiger partial charge in [-0.15, -0.1) is 11.8 Å². The summed E-state index contributed by atoms with van der Waals surface area (Å²) < 4.78 is 5.13. The van der Waals surface area contributed by atoms with E-state index in [2.05, 4.69) is 15.4 Å². The second-order valence-corrected chi connectivity index (χ2v) is 8.17. The molecule has 1 aliphatic heterocycles. The van der Waals surface area contributed by atoms with Crippen molar-refractivity contribution in [3.05, 3.63) is 63.7 Å². The number of hydrogen-bond acceptors (Lipinski definition) is 7. The highest BCUT2D eigenvalue weighted by Gasteiger charge is 2.17. The number of non-ortho nitro benzene ring substituents is 1. The van der Waals surface area contributed by atoms with Crippen LogP contribution in [0.15, 0.2) is 47.6 Å². The van der Waals surface area contributed by atoms with Crippen molar-refractivity contribution in [1.82, 2.24) is 5.43 Å². The first-order chi connectivity index (χ1) is 15.1. The van der Waals surface area contributed by atoms with Crippen LogP contribution >= 0.6 is 11.8 Å². The average Bonchev–Trinajstić information content (AvgIpc) is 2.80. The van der Waals surface area contributed by atoms with E-state index in [9.17, 15) is 14.9 Å². The molecule has 2 aromatic carbocycles. The Bertz CT molecular complexity index is 928. The highest BCUT2D eigenvalue weighted by molar-refractivity contribution is 7.99. The van der Waals surface area contributed by atoms with Gasteiger partial charge in [0.15, 0.2) is 0 Å². The van der Waals surface area contributed by atoms with Crippen LogP contribution in [0.4, 0.5) is 11.4 Å². The Balaban J connectivity index is 1.56. The lowest BCUT2D eigenvalue weighted by atomic mass is 10.1. The van der Waals surface area contributed by atoms with Gasteiger partial charge >= 0.3 is 0 Å². The molecule has 0 aromatic heterocycles. The maximum atomic E-state index is 12.1. The van der Waals surface area contributed by atoms with Crippen LogP contribution in [0.1, 0.15) is 30.4 Å². The Kier molecular flexibility index (Phi) is 8.28. The van der Waals surface area contributed by atoms with Crippen molar-refractivity contribution in [2.24, 2.45) is 5.10 Å². The number of carbonyl (C=O) groups excluding carboxylic acids is 1. The van der Waals surface area contributed by atoms with Gasteiger partial charge in [0.05, 0.1) is 24.0 Å². The third kappa shape index (κ3) is 6.71. The molecule has 0 atom stereocenters. The highest BCUT2D eigenvalue weighted by Crippen LogP contribution is 2.27. The number of carbonyl (C=O) groups is 1. The molecule has 3 rings (SSSR count). The summed E-state index contributed by atoms with van der Waals surface area (Å²) in [5, 5.41) is 15.2. The standard InChI is InChI=1S/C22H26N4O4S/c1-30-20-8-5-17(6-9-20)15-31-16-22(27)24-23-14-18-13-19(26(28)29)7-10-21(18)25-11-3-2-4-12-25/h5-10,13-14H,2-4,11-12,15-16H2,1H3,(H,24,27)/b23-14-. The summed E-state index contributed by atoms with van der Waals surface area (Å²) in [6.07, 6.45) is 4.87. The molecule has 2 aromatic rings. The summed E-state index contributed by atoms with van der Waals surface area (Å²) in [4.78, 5) is 25.0. The molecule has 1 saturated heterocycles. The topological polar surface area (TPSA) is 97.1 Å². The first-order valence-corrected chi connectivity index (χ1v) is 11.3. The molecule has 0 unspecified atom stereocenters. The number of hydrazone groups is 1. The Hall–Kier alpha value is -3.07. The van der Waals surface area contributed by atoms with Crippen molar-refractivity contribution in [1.29, 1.82) is 0 Å². The van der Waals surface area contributed by atoms with Crippen LogP contribution in [-0.4, -0.2) is 43.0 Å². The molecule has 1 N–H and O–H groups in total. The van der Waals surface area contributed by atoms with Crippen molar-refractivity contribution in [3.8, 4) is 5.75 Å². The van der Waals surface area contributed by atoms with E-state index in [1.54, 1.807) is 13.2 Å². The molecule has 31 heavy (non-hydrogen) atoms. The van der Waals surface area contributed by atoms with Crippen LogP contribution in [0.2, 0.25) is 0 Å². The number of ether oxygens (including phenoxy) is 1. The van der Waals surface area contributed by atoms with Crippen molar-refractivity contribution in [3.63, 3.8) is 0 Å². The molecule has 0 spiro atoms. The number of hydrogen-bond donors (Lipinski definition) is 1. The first-order valence-electron chi connectivity index (χ1n) is 10.1. The minimum absolute atomic E-state index is 0.00332. The van der Waals surface area contributed by atoms with E-state index in [0.717, 1.165) is 42.9 Å². The SMILES string of the molecule is COc1ccc(CSCC(=O)N/N=C\c2cc([N+](=O)[O-])ccc2N2CCCCC2)cc1. The number of nitro benzene ring substituents is 1. The molecule has 8 nitrogen and oxygen atoms in total. The molecule has 1 heterocycles. The number of nitro groups is 1. The van der Waals surface area contributed by atoms with Gasteiger partial charge in [0.1, 0.15) is 5.75 Å². The average molecular weight is 443 g/mol. The number of amides is 1. The summed E-state index contributed by atoms with van der Waals surface area (Å²) in [6.45, 7) is 1.82. The van der Waals surface area contributed by atoms with Crippen molar-refractivity contribution >= 4 is 35.3 Å². The minimum Gasteiger partial charge on any atom is -0.497 e. The van der Waals surface area contributed by atoms with Gasteiger partial charge in [-0.25, -0.2) is 5.43 Å². The molecule has 0 radical (unpaired) electrons. The van der Waals surface area contributed by atoms with E-state index in [-0.39, 0.29) is 17.3 Å². The third-order valence-corrected chi connectivity index (χ3v) is 5.98. The van der Waals surface area contributed by atoms with Crippen LogP contribution in [0, 0.1) is 10.1 Å². The predicted molar refractivity (Wildman–Crippen MR) is 124 cm³/mol. The van der Waals surface area contributed by atoms with Gasteiger partial charge in [0.2, 0.25) is 5.91 Å². The molecular weight excluding hydrogens is 416 g/mol. The lowest BCUT2D eigenvalue weighted by Gasteiger charge is -2.29. The number of thioether (sulfide) groups is 1. The lowest BCUT2D eigenvalue weighted by Crippen LogP contribution is -2.30. The summed E-state index contributed by atoms with van der Waals surface area (Å²) in [5.41, 5.74) is 5.15. The smallest absolute Gasteiger partial charge is 0.270 e. The number of anilines is 1. The molecular formula is C22H26N4O4S. The van der Waals surface area contributed by atoms with Crippen molar-refractivity contribution < 1.29 is 14.5 Å². The molecule has 9 heteroatoms. The molecule has 0 aliphatic carbocycles. The van der Waals surface area contributed by atoms with Crippen LogP contribution in [0.5, 0.6) is 5.75 Å². The predicted octanol–water partition coefficient (Wildman–Crippen LogP) is 3.98. The largest absolute Gasteiger partial charge is 0.497 e. The summed E-state index contributed by atoms with van der Waals surface area (Å²) in [7, 11) is 1.62. The number of rotatable bonds is 9. The zero-order chi connectivity index (χ0) is 22.1. The molecule has 1 fully saturated rings. The summed E-state index contributed by atoms with van der Waals surface area (Å²) in [5.74, 6) is 1.54. The number of nitrogens with zero attached hydrogens (tertiary/aromatic N) is 3. The molecule has 0 bridgehead atoms.